The summed E-state index contributed by atoms with van der Waals surface area (Å²) in [4.78, 5) is 13.4. The molecule has 0 aromatic heterocycles. The second kappa shape index (κ2) is 7.58. The Labute approximate surface area is 143 Å². The van der Waals surface area contributed by atoms with E-state index in [1.807, 2.05) is 32.5 Å². The Morgan fingerprint density at radius 2 is 2.04 bits per heavy atom. The van der Waals surface area contributed by atoms with Gasteiger partial charge in [-0.05, 0) is 38.3 Å². The van der Waals surface area contributed by atoms with Gasteiger partial charge in [0.25, 0.3) is 0 Å². The predicted molar refractivity (Wildman–Crippen MR) is 95.9 cm³/mol. The van der Waals surface area contributed by atoms with Gasteiger partial charge in [-0.15, -0.1) is 11.8 Å². The average Bonchev–Trinajstić information content (AvgIpc) is 2.84. The number of nitrogens with one attached hydrogen (secondary N) is 2. The monoisotopic (exact) mass is 336 g/mol. The molecule has 23 heavy (non-hydrogen) atoms. The van der Waals surface area contributed by atoms with Crippen molar-refractivity contribution < 1.29 is 9.53 Å². The Hall–Kier alpha value is -1.20. The SMILES string of the molecule is CC(C)C(CNC1CSc2ccccc21)NC(=O)OC(C)(C)C. The summed E-state index contributed by atoms with van der Waals surface area (Å²) in [5.74, 6) is 1.37. The van der Waals surface area contributed by atoms with Crippen LogP contribution >= 0.6 is 11.8 Å². The van der Waals surface area contributed by atoms with Gasteiger partial charge in [0.05, 0.1) is 0 Å². The van der Waals surface area contributed by atoms with Crippen molar-refractivity contribution in [1.29, 1.82) is 0 Å². The predicted octanol–water partition coefficient (Wildman–Crippen LogP) is 3.97. The number of amides is 1. The molecule has 2 unspecified atom stereocenters. The largest absolute Gasteiger partial charge is 0.444 e. The van der Waals surface area contributed by atoms with E-state index in [0.29, 0.717) is 12.0 Å². The molecule has 0 aliphatic carbocycles. The van der Waals surface area contributed by atoms with E-state index in [0.717, 1.165) is 12.3 Å². The minimum atomic E-state index is -0.472. The van der Waals surface area contributed by atoms with Gasteiger partial charge in [0.2, 0.25) is 0 Å². The molecule has 1 aromatic carbocycles. The molecule has 4 nitrogen and oxygen atoms in total. The third kappa shape index (κ3) is 5.43. The summed E-state index contributed by atoms with van der Waals surface area (Å²) in [7, 11) is 0. The Balaban J connectivity index is 1.90. The molecule has 0 saturated carbocycles. The molecule has 1 aliphatic rings. The molecular formula is C18H28N2O2S. The van der Waals surface area contributed by atoms with Crippen LogP contribution in [0.2, 0.25) is 0 Å². The van der Waals surface area contributed by atoms with E-state index in [1.54, 1.807) is 0 Å². The van der Waals surface area contributed by atoms with Crippen LogP contribution in [0.15, 0.2) is 29.2 Å². The first-order valence-corrected chi connectivity index (χ1v) is 9.19. The van der Waals surface area contributed by atoms with Crippen molar-refractivity contribution in [2.45, 2.75) is 57.2 Å². The van der Waals surface area contributed by atoms with E-state index < -0.39 is 5.60 Å². The van der Waals surface area contributed by atoms with Gasteiger partial charge in [0.15, 0.2) is 0 Å². The van der Waals surface area contributed by atoms with E-state index in [2.05, 4.69) is 48.7 Å². The maximum atomic E-state index is 12.0. The van der Waals surface area contributed by atoms with Crippen molar-refractivity contribution in [2.24, 2.45) is 5.92 Å². The summed E-state index contributed by atoms with van der Waals surface area (Å²) in [5, 5.41) is 6.59. The maximum absolute atomic E-state index is 12.0. The Morgan fingerprint density at radius 3 is 2.70 bits per heavy atom. The van der Waals surface area contributed by atoms with Crippen LogP contribution in [0.1, 0.15) is 46.2 Å². The number of hydrogen-bond acceptors (Lipinski definition) is 4. The lowest BCUT2D eigenvalue weighted by Gasteiger charge is -2.27. The van der Waals surface area contributed by atoms with Crippen LogP contribution in [0.4, 0.5) is 4.79 Å². The maximum Gasteiger partial charge on any atom is 0.407 e. The van der Waals surface area contributed by atoms with E-state index in [1.165, 1.54) is 10.5 Å². The van der Waals surface area contributed by atoms with Gasteiger partial charge in [-0.1, -0.05) is 32.0 Å². The van der Waals surface area contributed by atoms with Crippen LogP contribution in [-0.4, -0.2) is 30.0 Å². The molecular weight excluding hydrogens is 308 g/mol. The zero-order valence-corrected chi connectivity index (χ0v) is 15.5. The lowest BCUT2D eigenvalue weighted by molar-refractivity contribution is 0.0489. The molecule has 2 atom stereocenters. The first-order valence-electron chi connectivity index (χ1n) is 8.21. The van der Waals surface area contributed by atoms with Gasteiger partial charge < -0.3 is 15.4 Å². The topological polar surface area (TPSA) is 50.4 Å². The van der Waals surface area contributed by atoms with Crippen molar-refractivity contribution in [3.63, 3.8) is 0 Å². The lowest BCUT2D eigenvalue weighted by Crippen LogP contribution is -2.47. The average molecular weight is 337 g/mol. The highest BCUT2D eigenvalue weighted by Gasteiger charge is 2.25. The second-order valence-electron chi connectivity index (χ2n) is 7.31. The van der Waals surface area contributed by atoms with E-state index >= 15 is 0 Å². The van der Waals surface area contributed by atoms with E-state index in [9.17, 15) is 4.79 Å². The summed E-state index contributed by atoms with van der Waals surface area (Å²) < 4.78 is 5.36. The van der Waals surface area contributed by atoms with Crippen molar-refractivity contribution >= 4 is 17.9 Å². The quantitative estimate of drug-likeness (QED) is 0.854. The second-order valence-corrected chi connectivity index (χ2v) is 8.37. The minimum Gasteiger partial charge on any atom is -0.444 e. The van der Waals surface area contributed by atoms with Crippen LogP contribution in [0.25, 0.3) is 0 Å². The Morgan fingerprint density at radius 1 is 1.35 bits per heavy atom. The number of thioether (sulfide) groups is 1. The Bertz CT molecular complexity index is 540. The number of benzene rings is 1. The number of carbonyl (C=O) groups excluding carboxylic acids is 1. The molecule has 0 saturated heterocycles. The number of alkyl carbamates (subject to hydrolysis) is 1. The fourth-order valence-corrected chi connectivity index (χ4v) is 3.71. The Kier molecular flexibility index (Phi) is 5.98. The van der Waals surface area contributed by atoms with Gasteiger partial charge in [-0.2, -0.15) is 0 Å². The molecule has 0 fully saturated rings. The summed E-state index contributed by atoms with van der Waals surface area (Å²) in [5.41, 5.74) is 0.886. The molecule has 1 heterocycles. The van der Waals surface area contributed by atoms with Crippen LogP contribution in [0.5, 0.6) is 0 Å². The number of hydrogen-bond donors (Lipinski definition) is 2. The summed E-state index contributed by atoms with van der Waals surface area (Å²) in [6, 6.07) is 8.90. The third-order valence-electron chi connectivity index (χ3n) is 3.79. The van der Waals surface area contributed by atoms with Gasteiger partial charge >= 0.3 is 6.09 Å². The lowest BCUT2D eigenvalue weighted by atomic mass is 10.0. The molecule has 2 N–H and O–H groups in total. The summed E-state index contributed by atoms with van der Waals surface area (Å²) in [6.07, 6.45) is -0.348. The summed E-state index contributed by atoms with van der Waals surface area (Å²) in [6.45, 7) is 10.6. The molecule has 2 rings (SSSR count). The standard InChI is InChI=1S/C18H28N2O2S/c1-12(2)14(20-17(21)22-18(3,4)5)10-19-15-11-23-16-9-7-6-8-13(15)16/h6-9,12,14-15,19H,10-11H2,1-5H3,(H,20,21). The number of rotatable bonds is 5. The number of carbonyl (C=O) groups is 1. The van der Waals surface area contributed by atoms with Crippen LogP contribution in [0.3, 0.4) is 0 Å². The first-order chi connectivity index (χ1) is 10.8. The molecule has 128 valence electrons. The van der Waals surface area contributed by atoms with Crippen molar-refractivity contribution in [1.82, 2.24) is 10.6 Å². The minimum absolute atomic E-state index is 0.0441. The zero-order valence-electron chi connectivity index (χ0n) is 14.7. The van der Waals surface area contributed by atoms with E-state index in [-0.39, 0.29) is 12.1 Å². The van der Waals surface area contributed by atoms with Gasteiger partial charge in [-0.3, -0.25) is 0 Å². The molecule has 1 aromatic rings. The van der Waals surface area contributed by atoms with Crippen molar-refractivity contribution in [3.8, 4) is 0 Å². The normalized spacial score (nSPS) is 18.6. The van der Waals surface area contributed by atoms with Crippen LogP contribution < -0.4 is 10.6 Å². The highest BCUT2D eigenvalue weighted by Crippen LogP contribution is 2.37. The number of fused-ring (bicyclic) bond motifs is 1. The number of ether oxygens (including phenoxy) is 1. The molecule has 1 aliphatic heterocycles. The molecule has 0 radical (unpaired) electrons. The van der Waals surface area contributed by atoms with Crippen LogP contribution in [-0.2, 0) is 4.74 Å². The van der Waals surface area contributed by atoms with E-state index in [4.69, 9.17) is 4.74 Å². The fourth-order valence-electron chi connectivity index (χ4n) is 2.51. The van der Waals surface area contributed by atoms with Crippen LogP contribution in [0, 0.1) is 5.92 Å². The highest BCUT2D eigenvalue weighted by molar-refractivity contribution is 7.99. The molecule has 0 spiro atoms. The smallest absolute Gasteiger partial charge is 0.407 e. The zero-order chi connectivity index (χ0) is 17.0. The molecule has 0 bridgehead atoms. The van der Waals surface area contributed by atoms with Crippen molar-refractivity contribution in [3.05, 3.63) is 29.8 Å². The van der Waals surface area contributed by atoms with Gasteiger partial charge in [0.1, 0.15) is 5.60 Å². The fraction of sp³-hybridized carbons (Fsp3) is 0.611. The third-order valence-corrected chi connectivity index (χ3v) is 4.97. The molecule has 1 amide bonds. The van der Waals surface area contributed by atoms with Crippen molar-refractivity contribution in [2.75, 3.05) is 12.3 Å². The summed E-state index contributed by atoms with van der Waals surface area (Å²) >= 11 is 1.88. The first kappa shape index (κ1) is 18.1. The highest BCUT2D eigenvalue weighted by atomic mass is 32.2. The molecule has 5 heteroatoms. The van der Waals surface area contributed by atoms with Gasteiger partial charge in [0, 0.05) is 29.3 Å². The van der Waals surface area contributed by atoms with Gasteiger partial charge in [-0.25, -0.2) is 4.79 Å².